The molecular formula is C19H28N4O2. The average molecular weight is 344 g/mol. The Bertz CT molecular complexity index is 638. The van der Waals surface area contributed by atoms with Gasteiger partial charge in [0.25, 0.3) is 0 Å². The van der Waals surface area contributed by atoms with Crippen molar-refractivity contribution in [1.82, 2.24) is 15.8 Å². The van der Waals surface area contributed by atoms with Gasteiger partial charge in [0.1, 0.15) is 5.69 Å². The van der Waals surface area contributed by atoms with Crippen LogP contribution in [0.5, 0.6) is 0 Å². The van der Waals surface area contributed by atoms with E-state index in [0.717, 1.165) is 49.2 Å². The van der Waals surface area contributed by atoms with E-state index in [-0.39, 0.29) is 0 Å². The van der Waals surface area contributed by atoms with Crippen LogP contribution in [0.25, 0.3) is 11.3 Å². The van der Waals surface area contributed by atoms with E-state index in [2.05, 4.69) is 34.6 Å². The second-order valence-electron chi connectivity index (χ2n) is 6.22. The molecule has 0 amide bonds. The topological polar surface area (TPSA) is 71.7 Å². The summed E-state index contributed by atoms with van der Waals surface area (Å²) >= 11 is 0. The first kappa shape index (κ1) is 19.0. The van der Waals surface area contributed by atoms with Gasteiger partial charge in [-0.3, -0.25) is 4.99 Å². The Hall–Kier alpha value is -2.34. The lowest BCUT2D eigenvalue weighted by atomic mass is 10.2. The molecule has 0 saturated heterocycles. The van der Waals surface area contributed by atoms with Crippen molar-refractivity contribution in [3.8, 4) is 11.3 Å². The van der Waals surface area contributed by atoms with Crippen LogP contribution in [0.15, 0.2) is 45.9 Å². The summed E-state index contributed by atoms with van der Waals surface area (Å²) in [6, 6.07) is 11.9. The van der Waals surface area contributed by atoms with Crippen molar-refractivity contribution in [2.45, 2.75) is 26.8 Å². The van der Waals surface area contributed by atoms with Gasteiger partial charge in [0.05, 0.1) is 6.54 Å². The van der Waals surface area contributed by atoms with Gasteiger partial charge in [0, 0.05) is 38.4 Å². The Labute approximate surface area is 149 Å². The van der Waals surface area contributed by atoms with Crippen molar-refractivity contribution >= 4 is 5.96 Å². The van der Waals surface area contributed by atoms with Gasteiger partial charge in [-0.2, -0.15) is 0 Å². The number of rotatable bonds is 9. The van der Waals surface area contributed by atoms with Crippen LogP contribution in [0.2, 0.25) is 0 Å². The fourth-order valence-electron chi connectivity index (χ4n) is 2.23. The SMILES string of the molecule is CN=C(NCCCOCC(C)C)NCc1cc(-c2ccccc2)on1. The highest BCUT2D eigenvalue weighted by atomic mass is 16.5. The van der Waals surface area contributed by atoms with Crippen molar-refractivity contribution in [2.24, 2.45) is 10.9 Å². The molecule has 6 nitrogen and oxygen atoms in total. The lowest BCUT2D eigenvalue weighted by Gasteiger charge is -2.11. The molecule has 0 saturated carbocycles. The molecule has 0 bridgehead atoms. The van der Waals surface area contributed by atoms with E-state index in [4.69, 9.17) is 9.26 Å². The third-order valence-corrected chi connectivity index (χ3v) is 3.49. The molecule has 0 aliphatic rings. The average Bonchev–Trinajstić information content (AvgIpc) is 3.10. The quantitative estimate of drug-likeness (QED) is 0.415. The maximum absolute atomic E-state index is 5.56. The number of hydrogen-bond donors (Lipinski definition) is 2. The summed E-state index contributed by atoms with van der Waals surface area (Å²) in [5.74, 6) is 2.08. The zero-order valence-corrected chi connectivity index (χ0v) is 15.3. The summed E-state index contributed by atoms with van der Waals surface area (Å²) in [5.41, 5.74) is 1.85. The summed E-state index contributed by atoms with van der Waals surface area (Å²) in [6.45, 7) is 7.23. The summed E-state index contributed by atoms with van der Waals surface area (Å²) in [5, 5.41) is 10.6. The largest absolute Gasteiger partial charge is 0.381 e. The molecule has 0 atom stereocenters. The fourth-order valence-corrected chi connectivity index (χ4v) is 2.23. The van der Waals surface area contributed by atoms with Gasteiger partial charge in [-0.1, -0.05) is 49.3 Å². The minimum Gasteiger partial charge on any atom is -0.381 e. The fraction of sp³-hybridized carbons (Fsp3) is 0.474. The third-order valence-electron chi connectivity index (χ3n) is 3.49. The highest BCUT2D eigenvalue weighted by Gasteiger charge is 2.07. The molecule has 136 valence electrons. The van der Waals surface area contributed by atoms with E-state index in [9.17, 15) is 0 Å². The molecule has 0 spiro atoms. The lowest BCUT2D eigenvalue weighted by Crippen LogP contribution is -2.37. The number of nitrogens with one attached hydrogen (secondary N) is 2. The van der Waals surface area contributed by atoms with Crippen LogP contribution in [-0.2, 0) is 11.3 Å². The van der Waals surface area contributed by atoms with Gasteiger partial charge < -0.3 is 19.9 Å². The first-order chi connectivity index (χ1) is 12.2. The molecular weight excluding hydrogens is 316 g/mol. The smallest absolute Gasteiger partial charge is 0.191 e. The van der Waals surface area contributed by atoms with E-state index in [0.29, 0.717) is 12.5 Å². The van der Waals surface area contributed by atoms with Gasteiger partial charge in [-0.25, -0.2) is 0 Å². The Morgan fingerprint density at radius 1 is 1.24 bits per heavy atom. The molecule has 2 rings (SSSR count). The Balaban J connectivity index is 1.70. The third kappa shape index (κ3) is 6.97. The van der Waals surface area contributed by atoms with Crippen LogP contribution < -0.4 is 10.6 Å². The molecule has 1 aromatic carbocycles. The van der Waals surface area contributed by atoms with Crippen LogP contribution in [-0.4, -0.2) is 37.9 Å². The molecule has 25 heavy (non-hydrogen) atoms. The number of aromatic nitrogens is 1. The molecule has 0 unspecified atom stereocenters. The normalized spacial score (nSPS) is 11.8. The van der Waals surface area contributed by atoms with E-state index in [1.165, 1.54) is 0 Å². The first-order valence-corrected chi connectivity index (χ1v) is 8.72. The van der Waals surface area contributed by atoms with Crippen molar-refractivity contribution < 1.29 is 9.26 Å². The van der Waals surface area contributed by atoms with Crippen LogP contribution >= 0.6 is 0 Å². The molecule has 0 radical (unpaired) electrons. The van der Waals surface area contributed by atoms with Gasteiger partial charge >= 0.3 is 0 Å². The molecule has 1 heterocycles. The number of guanidine groups is 1. The van der Waals surface area contributed by atoms with E-state index >= 15 is 0 Å². The van der Waals surface area contributed by atoms with E-state index < -0.39 is 0 Å². The summed E-state index contributed by atoms with van der Waals surface area (Å²) in [4.78, 5) is 4.21. The minimum atomic E-state index is 0.555. The zero-order chi connectivity index (χ0) is 17.9. The molecule has 0 fully saturated rings. The molecule has 0 aliphatic heterocycles. The highest BCUT2D eigenvalue weighted by Crippen LogP contribution is 2.19. The van der Waals surface area contributed by atoms with Crippen LogP contribution in [0, 0.1) is 5.92 Å². The second-order valence-corrected chi connectivity index (χ2v) is 6.22. The Morgan fingerprint density at radius 3 is 2.76 bits per heavy atom. The maximum Gasteiger partial charge on any atom is 0.191 e. The van der Waals surface area contributed by atoms with Crippen LogP contribution in [0.3, 0.4) is 0 Å². The second kappa shape index (κ2) is 10.5. The number of benzene rings is 1. The first-order valence-electron chi connectivity index (χ1n) is 8.72. The molecule has 1 aromatic heterocycles. The molecule has 6 heteroatoms. The monoisotopic (exact) mass is 344 g/mol. The summed E-state index contributed by atoms with van der Waals surface area (Å²) < 4.78 is 11.0. The maximum atomic E-state index is 5.56. The highest BCUT2D eigenvalue weighted by molar-refractivity contribution is 5.79. The molecule has 2 N–H and O–H groups in total. The molecule has 0 aliphatic carbocycles. The number of ether oxygens (including phenoxy) is 1. The minimum absolute atomic E-state index is 0.555. The molecule has 2 aromatic rings. The predicted octanol–water partition coefficient (Wildman–Crippen LogP) is 3.07. The number of nitrogens with zero attached hydrogens (tertiary/aromatic N) is 2. The number of aliphatic imine (C=N–C) groups is 1. The summed E-state index contributed by atoms with van der Waals surface area (Å²) in [6.07, 6.45) is 0.940. The van der Waals surface area contributed by atoms with Crippen LogP contribution in [0.1, 0.15) is 26.0 Å². The van der Waals surface area contributed by atoms with Crippen molar-refractivity contribution in [3.05, 3.63) is 42.1 Å². The van der Waals surface area contributed by atoms with Crippen LogP contribution in [0.4, 0.5) is 0 Å². The summed E-state index contributed by atoms with van der Waals surface area (Å²) in [7, 11) is 1.75. The lowest BCUT2D eigenvalue weighted by molar-refractivity contribution is 0.108. The van der Waals surface area contributed by atoms with Gasteiger partial charge in [-0.05, 0) is 12.3 Å². The predicted molar refractivity (Wildman–Crippen MR) is 100 cm³/mol. The van der Waals surface area contributed by atoms with E-state index in [1.54, 1.807) is 7.05 Å². The van der Waals surface area contributed by atoms with E-state index in [1.807, 2.05) is 36.4 Å². The van der Waals surface area contributed by atoms with Gasteiger partial charge in [0.15, 0.2) is 11.7 Å². The standard InChI is InChI=1S/C19H28N4O2/c1-15(2)14-24-11-7-10-21-19(20-3)22-13-17-12-18(25-23-17)16-8-5-4-6-9-16/h4-6,8-9,12,15H,7,10-11,13-14H2,1-3H3,(H2,20,21,22). The number of hydrogen-bond acceptors (Lipinski definition) is 4. The zero-order valence-electron chi connectivity index (χ0n) is 15.3. The van der Waals surface area contributed by atoms with Crippen molar-refractivity contribution in [3.63, 3.8) is 0 Å². The Morgan fingerprint density at radius 2 is 2.04 bits per heavy atom. The van der Waals surface area contributed by atoms with Crippen molar-refractivity contribution in [2.75, 3.05) is 26.8 Å². The Kier molecular flexibility index (Phi) is 7.98. The van der Waals surface area contributed by atoms with Crippen molar-refractivity contribution in [1.29, 1.82) is 0 Å². The van der Waals surface area contributed by atoms with Gasteiger partial charge in [0.2, 0.25) is 0 Å². The van der Waals surface area contributed by atoms with Gasteiger partial charge in [-0.15, -0.1) is 0 Å².